The Labute approximate surface area is 387 Å². The zero-order valence-corrected chi connectivity index (χ0v) is 40.3. The Balaban J connectivity index is 1.15. The van der Waals surface area contributed by atoms with Crippen LogP contribution in [0.15, 0.2) is 144 Å². The van der Waals surface area contributed by atoms with Crippen molar-refractivity contribution in [3.05, 3.63) is 166 Å². The fourth-order valence-corrected chi connectivity index (χ4v) is 12.2. The van der Waals surface area contributed by atoms with Crippen LogP contribution in [0.1, 0.15) is 153 Å². The van der Waals surface area contributed by atoms with Crippen LogP contribution in [0.5, 0.6) is 0 Å². The van der Waals surface area contributed by atoms with E-state index in [-0.39, 0.29) is 10.8 Å². The van der Waals surface area contributed by atoms with Crippen molar-refractivity contribution in [3.8, 4) is 0 Å². The zero-order chi connectivity index (χ0) is 44.3. The van der Waals surface area contributed by atoms with Crippen LogP contribution in [0.25, 0.3) is 0 Å². The van der Waals surface area contributed by atoms with Crippen molar-refractivity contribution in [1.82, 2.24) is 0 Å². The van der Waals surface area contributed by atoms with Crippen LogP contribution in [-0.4, -0.2) is 23.4 Å². The Morgan fingerprint density at radius 1 is 0.609 bits per heavy atom. The molecule has 0 radical (unpaired) electrons. The lowest BCUT2D eigenvalue weighted by molar-refractivity contribution is -0.439. The second-order valence-electron chi connectivity index (χ2n) is 21.2. The highest BCUT2D eigenvalue weighted by molar-refractivity contribution is 6.03. The average Bonchev–Trinajstić information content (AvgIpc) is 3.57. The van der Waals surface area contributed by atoms with Crippen LogP contribution in [0.3, 0.4) is 0 Å². The molecular formula is C61H76N3+. The lowest BCUT2D eigenvalue weighted by Gasteiger charge is -2.30. The summed E-state index contributed by atoms with van der Waals surface area (Å²) in [5.41, 5.74) is 17.7. The monoisotopic (exact) mass is 851 g/mol. The quantitative estimate of drug-likeness (QED) is 0.104. The maximum atomic E-state index is 2.71. The Kier molecular flexibility index (Phi) is 13.4. The van der Waals surface area contributed by atoms with Gasteiger partial charge in [-0.3, -0.25) is 0 Å². The summed E-state index contributed by atoms with van der Waals surface area (Å²) in [6.45, 7) is 16.5. The number of para-hydroxylation sites is 2. The minimum atomic E-state index is -0.0934. The maximum absolute atomic E-state index is 2.71. The van der Waals surface area contributed by atoms with E-state index in [1.807, 2.05) is 0 Å². The Morgan fingerprint density at radius 3 is 1.81 bits per heavy atom. The van der Waals surface area contributed by atoms with Crippen LogP contribution in [0.4, 0.5) is 22.7 Å². The predicted molar refractivity (Wildman–Crippen MR) is 274 cm³/mol. The molecule has 0 aromatic heterocycles. The predicted octanol–water partition coefficient (Wildman–Crippen LogP) is 16.5. The van der Waals surface area contributed by atoms with E-state index in [0.29, 0.717) is 0 Å². The Morgan fingerprint density at radius 2 is 1.19 bits per heavy atom. The minimum Gasteiger partial charge on any atom is -0.344 e. The lowest BCUT2D eigenvalue weighted by atomic mass is 9.80. The van der Waals surface area contributed by atoms with Crippen molar-refractivity contribution < 1.29 is 4.58 Å². The lowest BCUT2D eigenvalue weighted by Crippen LogP contribution is -2.28. The second-order valence-corrected chi connectivity index (χ2v) is 21.2. The number of benzene rings is 4. The van der Waals surface area contributed by atoms with Gasteiger partial charge in [0, 0.05) is 58.8 Å². The molecule has 64 heavy (non-hydrogen) atoms. The van der Waals surface area contributed by atoms with Crippen molar-refractivity contribution in [2.75, 3.05) is 22.9 Å². The number of fused-ring (bicyclic) bond motifs is 2. The Bertz CT molecular complexity index is 2380. The topological polar surface area (TPSA) is 9.49 Å². The molecule has 4 aromatic rings. The van der Waals surface area contributed by atoms with E-state index in [9.17, 15) is 0 Å². The molecule has 0 atom stereocenters. The molecule has 5 aliphatic rings. The molecule has 0 saturated heterocycles. The van der Waals surface area contributed by atoms with E-state index < -0.39 is 0 Å². The highest BCUT2D eigenvalue weighted by Crippen LogP contribution is 2.50. The molecule has 0 N–H and O–H groups in total. The van der Waals surface area contributed by atoms with Gasteiger partial charge in [0.1, 0.15) is 6.54 Å². The van der Waals surface area contributed by atoms with E-state index in [4.69, 9.17) is 0 Å². The number of anilines is 3. The van der Waals surface area contributed by atoms with Gasteiger partial charge >= 0.3 is 0 Å². The van der Waals surface area contributed by atoms with Gasteiger partial charge in [0.05, 0.1) is 11.1 Å². The number of aryl methyl sites for hydroxylation is 2. The van der Waals surface area contributed by atoms with Crippen molar-refractivity contribution in [1.29, 1.82) is 0 Å². The van der Waals surface area contributed by atoms with E-state index in [1.54, 1.807) is 0 Å². The van der Waals surface area contributed by atoms with Crippen molar-refractivity contribution in [3.63, 3.8) is 0 Å². The number of hydrogen-bond acceptors (Lipinski definition) is 2. The van der Waals surface area contributed by atoms with Crippen LogP contribution >= 0.6 is 0 Å². The molecule has 2 heterocycles. The summed E-state index contributed by atoms with van der Waals surface area (Å²) in [6.07, 6.45) is 31.4. The third kappa shape index (κ3) is 9.16. The van der Waals surface area contributed by atoms with Gasteiger partial charge < -0.3 is 9.80 Å². The van der Waals surface area contributed by atoms with Crippen molar-refractivity contribution >= 4 is 28.5 Å². The molecule has 2 saturated carbocycles. The fourth-order valence-electron chi connectivity index (χ4n) is 12.2. The van der Waals surface area contributed by atoms with E-state index >= 15 is 0 Å². The van der Waals surface area contributed by atoms with Crippen molar-refractivity contribution in [2.24, 2.45) is 11.8 Å². The Hall–Kier alpha value is -4.89. The SMILES string of the molecule is Cc1ccc2c(c1)C(C)(C)C(/C=C/C1=C(N(c3ccccc3)c3ccccc3)C(=C/C=C3/N(CCC4CCCCCC4)c4ccc(C)cc4C3(C)C)/CC1)=[N+]2CCC1CCCCCC1. The van der Waals surface area contributed by atoms with Crippen LogP contribution in [0, 0.1) is 25.7 Å². The van der Waals surface area contributed by atoms with E-state index in [2.05, 4.69) is 177 Å². The van der Waals surface area contributed by atoms with Crippen LogP contribution < -0.4 is 9.80 Å². The minimum absolute atomic E-state index is 0.0934. The van der Waals surface area contributed by atoms with Gasteiger partial charge in [0.25, 0.3) is 0 Å². The summed E-state index contributed by atoms with van der Waals surface area (Å²) in [4.78, 5) is 5.26. The summed E-state index contributed by atoms with van der Waals surface area (Å²) in [5.74, 6) is 1.66. The summed E-state index contributed by atoms with van der Waals surface area (Å²) in [6, 6.07) is 36.6. The first kappa shape index (κ1) is 44.3. The van der Waals surface area contributed by atoms with Crippen molar-refractivity contribution in [2.45, 2.75) is 155 Å². The molecule has 0 spiro atoms. The first-order valence-electron chi connectivity index (χ1n) is 25.5. The highest BCUT2D eigenvalue weighted by atomic mass is 15.2. The molecular weight excluding hydrogens is 775 g/mol. The first-order valence-corrected chi connectivity index (χ1v) is 25.5. The number of allylic oxidation sites excluding steroid dienone is 7. The third-order valence-electron chi connectivity index (χ3n) is 16.0. The third-order valence-corrected chi connectivity index (χ3v) is 16.0. The molecule has 3 aliphatic carbocycles. The molecule has 2 fully saturated rings. The highest BCUT2D eigenvalue weighted by Gasteiger charge is 2.45. The van der Waals surface area contributed by atoms with Gasteiger partial charge in [0.15, 0.2) is 5.71 Å². The molecule has 334 valence electrons. The fraction of sp³-hybridized carbons (Fsp3) is 0.459. The molecule has 0 bridgehead atoms. The molecule has 9 rings (SSSR count). The summed E-state index contributed by atoms with van der Waals surface area (Å²) in [5, 5.41) is 0. The molecule has 3 nitrogen and oxygen atoms in total. The number of rotatable bonds is 12. The molecule has 4 aromatic carbocycles. The van der Waals surface area contributed by atoms with Gasteiger partial charge in [-0.05, 0) is 118 Å². The van der Waals surface area contributed by atoms with Crippen LogP contribution in [-0.2, 0) is 10.8 Å². The number of nitrogens with zero attached hydrogens (tertiary/aromatic N) is 3. The molecule has 2 aliphatic heterocycles. The maximum Gasteiger partial charge on any atom is 0.209 e. The van der Waals surface area contributed by atoms with Gasteiger partial charge in [0.2, 0.25) is 5.69 Å². The van der Waals surface area contributed by atoms with Crippen LogP contribution in [0.2, 0.25) is 0 Å². The molecule has 0 unspecified atom stereocenters. The summed E-state index contributed by atoms with van der Waals surface area (Å²) < 4.78 is 2.71. The van der Waals surface area contributed by atoms with Gasteiger partial charge in [-0.25, -0.2) is 0 Å². The zero-order valence-electron chi connectivity index (χ0n) is 40.3. The second kappa shape index (κ2) is 19.3. The largest absolute Gasteiger partial charge is 0.344 e. The van der Waals surface area contributed by atoms with E-state index in [0.717, 1.165) is 37.8 Å². The number of hydrogen-bond donors (Lipinski definition) is 0. The van der Waals surface area contributed by atoms with Gasteiger partial charge in [-0.15, -0.1) is 0 Å². The normalized spacial score (nSPS) is 21.6. The van der Waals surface area contributed by atoms with E-state index in [1.165, 1.54) is 163 Å². The summed E-state index contributed by atoms with van der Waals surface area (Å²) in [7, 11) is 0. The smallest absolute Gasteiger partial charge is 0.209 e. The first-order chi connectivity index (χ1) is 31.1. The average molecular weight is 851 g/mol. The molecule has 3 heteroatoms. The standard InChI is InChI=1S/C61H76N3/c1-45-29-35-55-53(43-45)60(3,4)57(62(55)41-39-47-21-13-7-8-14-22-47)37-33-49-31-32-50(59(49)64(51-25-17-11-18-26-51)52-27-19-12-20-28-52)34-38-58-61(5,6)54-44-46(2)30-36-56(54)63(58)42-40-48-23-15-9-10-16-24-48/h11-12,17-20,25-30,33-38,43-44,47-48H,7-10,13-16,21-24,31-32,39-42H2,1-6H3/q+1. The summed E-state index contributed by atoms with van der Waals surface area (Å²) >= 11 is 0. The molecule has 0 amide bonds. The van der Waals surface area contributed by atoms with Gasteiger partial charge in [-0.2, -0.15) is 4.58 Å². The van der Waals surface area contributed by atoms with Gasteiger partial charge in [-0.1, -0.05) is 169 Å².